The number of rotatable bonds is 11. The van der Waals surface area contributed by atoms with Crippen LogP contribution >= 0.6 is 431 Å². The van der Waals surface area contributed by atoms with Gasteiger partial charge >= 0.3 is 0 Å². The molecule has 0 unspecified atom stereocenters. The highest BCUT2D eigenvalue weighted by Gasteiger charge is 2.81. The molecule has 0 aliphatic rings. The number of halogens is 27. The quantitative estimate of drug-likeness (QED) is 0.113. The van der Waals surface area contributed by atoms with Gasteiger partial charge in [-0.15, -0.1) is 2.95 Å². The summed E-state index contributed by atoms with van der Waals surface area (Å²) in [6.45, 7) is 0. The van der Waals surface area contributed by atoms with E-state index in [-0.39, 0.29) is 0 Å². The second-order valence-electron chi connectivity index (χ2n) is 7.02. The third-order valence-corrected chi connectivity index (χ3v) is 59.4. The third-order valence-electron chi connectivity index (χ3n) is 4.50. The van der Waals surface area contributed by atoms with Gasteiger partial charge in [0.15, 0.2) is 5.50 Å². The fourth-order valence-corrected chi connectivity index (χ4v) is 27.2. The Morgan fingerprint density at radius 1 is 0.225 bits per heavy atom. The van der Waals surface area contributed by atoms with Crippen molar-refractivity contribution < 1.29 is 0 Å². The lowest BCUT2D eigenvalue weighted by atomic mass is 10.0. The maximum atomic E-state index is 3.95. The second-order valence-corrected chi connectivity index (χ2v) is 53.9. The number of alkyl halides is 25. The molecule has 0 aromatic rings. The molecule has 0 atom stereocenters. The molecular formula is C12Br27N. The smallest absolute Gasteiger partial charge is 0.148 e. The van der Waals surface area contributed by atoms with Gasteiger partial charge in [-0.25, -0.2) is 0 Å². The number of hydrogen-bond acceptors (Lipinski definition) is 1. The molecule has 0 spiro atoms. The molecule has 0 amide bonds. The first-order valence-corrected chi connectivity index (χ1v) is 29.3. The Balaban J connectivity index is 7.35. The van der Waals surface area contributed by atoms with Crippen molar-refractivity contribution in [3.05, 3.63) is 0 Å². The van der Waals surface area contributed by atoms with E-state index in [1.807, 2.05) is 0 Å². The molecule has 0 N–H and O–H groups in total. The van der Waals surface area contributed by atoms with Crippen LogP contribution in [0.1, 0.15) is 0 Å². The van der Waals surface area contributed by atoms with Crippen molar-refractivity contribution in [2.45, 2.75) is 37.8 Å². The molecule has 242 valence electrons. The first kappa shape index (κ1) is 52.9. The predicted octanol–water partition coefficient (Wildman–Crippen LogP) is 20.1. The molecule has 0 fully saturated rings. The summed E-state index contributed by atoms with van der Waals surface area (Å²) in [5.41, 5.74) is 0. The van der Waals surface area contributed by atoms with E-state index in [0.717, 1.165) is 0 Å². The Kier molecular flexibility index (Phi) is 23.0. The Morgan fingerprint density at radius 3 is 0.525 bits per heavy atom. The summed E-state index contributed by atoms with van der Waals surface area (Å²) in [6.07, 6.45) is 0. The van der Waals surface area contributed by atoms with Crippen molar-refractivity contribution in [3.63, 3.8) is 0 Å². The van der Waals surface area contributed by atoms with Crippen LogP contribution in [0.25, 0.3) is 0 Å². The van der Waals surface area contributed by atoms with Gasteiger partial charge in [-0.05, 0) is 0 Å². The lowest BCUT2D eigenvalue weighted by molar-refractivity contribution is 0.520. The maximum Gasteiger partial charge on any atom is 0.179 e. The van der Waals surface area contributed by atoms with Gasteiger partial charge in [-0.1, -0.05) is 398 Å². The molecule has 0 bridgehead atoms. The van der Waals surface area contributed by atoms with Crippen LogP contribution in [-0.4, -0.2) is 40.8 Å². The summed E-state index contributed by atoms with van der Waals surface area (Å²) in [6, 6.07) is 0. The van der Waals surface area contributed by atoms with Gasteiger partial charge in [-0.2, -0.15) is 0 Å². The van der Waals surface area contributed by atoms with E-state index in [2.05, 4.69) is 431 Å². The first-order valence-electron chi connectivity index (χ1n) is 8.04. The van der Waals surface area contributed by atoms with Crippen LogP contribution < -0.4 is 0 Å². The Labute approximate surface area is 459 Å². The van der Waals surface area contributed by atoms with Gasteiger partial charge < -0.3 is 0 Å². The van der Waals surface area contributed by atoms with Crippen LogP contribution in [-0.2, 0) is 0 Å². The fourth-order valence-electron chi connectivity index (χ4n) is 2.05. The Morgan fingerprint density at radius 2 is 0.375 bits per heavy atom. The van der Waals surface area contributed by atoms with Crippen molar-refractivity contribution in [1.82, 2.24) is 2.95 Å². The topological polar surface area (TPSA) is 3.24 Å². The SMILES string of the molecule is BrN(Br)C(Br)(Br)C(Br)(Br)C(Br)(Br)C(Br)(Br)C(Br)(Br)C(Br)(Br)C(Br)(Br)C(Br)(Br)C(Br)(Br)C(Br)(Br)C(Br)(Br)C(Br)(Br)Br. The van der Waals surface area contributed by atoms with E-state index >= 15 is 0 Å². The predicted molar refractivity (Wildman–Crippen MR) is 276 cm³/mol. The third kappa shape index (κ3) is 9.13. The molecule has 28 heteroatoms. The van der Waals surface area contributed by atoms with Crippen molar-refractivity contribution in [3.8, 4) is 0 Å². The van der Waals surface area contributed by atoms with Crippen LogP contribution in [0, 0.1) is 0 Å². The van der Waals surface area contributed by atoms with Crippen LogP contribution in [0.2, 0.25) is 0 Å². The van der Waals surface area contributed by atoms with Crippen LogP contribution in [0.3, 0.4) is 0 Å². The van der Waals surface area contributed by atoms with Gasteiger partial charge in [-0.3, -0.25) is 0 Å². The van der Waals surface area contributed by atoms with Crippen molar-refractivity contribution >= 4 is 431 Å². The van der Waals surface area contributed by atoms with Crippen LogP contribution in [0.5, 0.6) is 0 Å². The lowest BCUT2D eigenvalue weighted by Gasteiger charge is -2.60. The van der Waals surface area contributed by atoms with Crippen molar-refractivity contribution in [2.75, 3.05) is 0 Å². The molecule has 0 heterocycles. The largest absolute Gasteiger partial charge is 0.179 e. The van der Waals surface area contributed by atoms with Gasteiger partial charge in [0.05, 0.1) is 0 Å². The Hall–Kier alpha value is 12.9. The highest BCUT2D eigenvalue weighted by atomic mass is 80.0. The van der Waals surface area contributed by atoms with E-state index < -0.39 is 37.8 Å². The highest BCUT2D eigenvalue weighted by molar-refractivity contribution is 9.42. The minimum Gasteiger partial charge on any atom is -0.148 e. The molecule has 0 rings (SSSR count). The monoisotopic (exact) mass is 2290 g/mol. The van der Waals surface area contributed by atoms with E-state index in [1.165, 1.54) is 0 Å². The molecule has 0 saturated carbocycles. The van der Waals surface area contributed by atoms with E-state index in [0.29, 0.717) is 0 Å². The molecule has 0 aliphatic heterocycles. The van der Waals surface area contributed by atoms with E-state index in [9.17, 15) is 0 Å². The molecule has 1 nitrogen and oxygen atoms in total. The average Bonchev–Trinajstić information content (AvgIpc) is 2.71. The van der Waals surface area contributed by atoms with Gasteiger partial charge in [0.1, 0.15) is 32.3 Å². The molecule has 0 aromatic carbocycles. The molecular weight excluding hydrogens is 2320 g/mol. The molecule has 0 aromatic heterocycles. The molecule has 0 saturated heterocycles. The zero-order valence-corrected chi connectivity index (χ0v) is 59.5. The van der Waals surface area contributed by atoms with Crippen LogP contribution in [0.15, 0.2) is 0 Å². The van der Waals surface area contributed by atoms with Crippen molar-refractivity contribution in [2.24, 2.45) is 0 Å². The molecule has 0 aliphatic carbocycles. The number of hydrogen-bond donors (Lipinski definition) is 0. The summed E-state index contributed by atoms with van der Waals surface area (Å²) in [5.74, 6) is 0. The average molecular weight is 2320 g/mol. The van der Waals surface area contributed by atoms with Gasteiger partial charge in [0.2, 0.25) is 0 Å². The maximum absolute atomic E-state index is 3.95. The summed E-state index contributed by atoms with van der Waals surface area (Å²) in [5, 5.41) is 0. The summed E-state index contributed by atoms with van der Waals surface area (Å²) < 4.78 is -11.6. The van der Waals surface area contributed by atoms with Gasteiger partial charge in [0, 0.05) is 32.3 Å². The minimum absolute atomic E-state index is 0.857. The fraction of sp³-hybridized carbons (Fsp3) is 1.00. The summed E-state index contributed by atoms with van der Waals surface area (Å²) in [4.78, 5) is 0. The zero-order valence-electron chi connectivity index (χ0n) is 16.7. The number of nitrogens with zero attached hydrogens (tertiary/aromatic N) is 1. The van der Waals surface area contributed by atoms with E-state index in [1.54, 1.807) is 2.95 Å². The second kappa shape index (κ2) is 17.4. The van der Waals surface area contributed by atoms with Crippen LogP contribution in [0.4, 0.5) is 0 Å². The first-order chi connectivity index (χ1) is 16.7. The van der Waals surface area contributed by atoms with E-state index in [4.69, 9.17) is 0 Å². The Bertz CT molecular complexity index is 920. The molecule has 0 radical (unpaired) electrons. The van der Waals surface area contributed by atoms with Gasteiger partial charge in [0.25, 0.3) is 0 Å². The normalized spacial score (nSPS) is 17.1. The minimum atomic E-state index is -1.20. The summed E-state index contributed by atoms with van der Waals surface area (Å²) >= 11 is 103. The highest BCUT2D eigenvalue weighted by Crippen LogP contribution is 2.81. The zero-order chi connectivity index (χ0) is 33.6. The van der Waals surface area contributed by atoms with Crippen molar-refractivity contribution in [1.29, 1.82) is 0 Å². The standard InChI is InChI=1S/C12Br27N/c13-1(14,3(17,18)5(21,22)7(25,26)9(29,30)11(33,34)35)2(15,16)4(19,20)6(23,24)8(27,28)10(31,32)12(36,37)40(38)39. The molecule has 40 heavy (non-hydrogen) atoms. The summed E-state index contributed by atoms with van der Waals surface area (Å²) in [7, 11) is 0. The lowest BCUT2D eigenvalue weighted by Crippen LogP contribution is -2.72.